The average Bonchev–Trinajstić information content (AvgIpc) is 3.13. The highest BCUT2D eigenvalue weighted by atomic mass is 32.1. The fourth-order valence-corrected chi connectivity index (χ4v) is 3.32. The third-order valence-corrected chi connectivity index (χ3v) is 4.78. The summed E-state index contributed by atoms with van der Waals surface area (Å²) in [7, 11) is 1.60. The standard InChI is InChI=1S/C20H17F3N2O3S/c1-27-15-7-5-13(6-8-15)9-17-11-24-19(29-17)25-18(26)12-28-16-4-2-3-14(10-16)20(21,22)23/h2-8,10-11H,9,12H2,1H3,(H,24,25,26). The zero-order chi connectivity index (χ0) is 20.9. The zero-order valence-corrected chi connectivity index (χ0v) is 16.1. The Balaban J connectivity index is 1.52. The van der Waals surface area contributed by atoms with E-state index in [1.165, 1.54) is 23.5 Å². The Bertz CT molecular complexity index is 972. The maximum atomic E-state index is 12.7. The number of benzene rings is 2. The molecule has 0 atom stereocenters. The normalized spacial score (nSPS) is 11.2. The minimum absolute atomic E-state index is 0.0330. The van der Waals surface area contributed by atoms with Crippen molar-refractivity contribution in [1.29, 1.82) is 0 Å². The number of thiazole rings is 1. The number of carbonyl (C=O) groups excluding carboxylic acids is 1. The van der Waals surface area contributed by atoms with Gasteiger partial charge in [0.15, 0.2) is 11.7 Å². The number of alkyl halides is 3. The first-order chi connectivity index (χ1) is 13.8. The predicted molar refractivity (Wildman–Crippen MR) is 103 cm³/mol. The molecule has 1 heterocycles. The Morgan fingerprint density at radius 3 is 2.59 bits per heavy atom. The smallest absolute Gasteiger partial charge is 0.416 e. The van der Waals surface area contributed by atoms with Crippen molar-refractivity contribution in [2.75, 3.05) is 19.0 Å². The van der Waals surface area contributed by atoms with Crippen LogP contribution in [0.4, 0.5) is 18.3 Å². The second-order valence-electron chi connectivity index (χ2n) is 6.02. The number of hydrogen-bond acceptors (Lipinski definition) is 5. The molecule has 152 valence electrons. The number of aromatic nitrogens is 1. The number of ether oxygens (including phenoxy) is 2. The third-order valence-electron chi connectivity index (χ3n) is 3.87. The first-order valence-corrected chi connectivity index (χ1v) is 9.32. The first-order valence-electron chi connectivity index (χ1n) is 8.51. The number of halogens is 3. The molecule has 0 spiro atoms. The monoisotopic (exact) mass is 422 g/mol. The lowest BCUT2D eigenvalue weighted by Gasteiger charge is -2.09. The summed E-state index contributed by atoms with van der Waals surface area (Å²) in [6.45, 7) is -0.422. The van der Waals surface area contributed by atoms with Gasteiger partial charge in [-0.3, -0.25) is 10.1 Å². The minimum atomic E-state index is -4.47. The van der Waals surface area contributed by atoms with Gasteiger partial charge in [0.25, 0.3) is 5.91 Å². The fraction of sp³-hybridized carbons (Fsp3) is 0.200. The number of nitrogens with zero attached hydrogens (tertiary/aromatic N) is 1. The van der Waals surface area contributed by atoms with Crippen molar-refractivity contribution in [2.24, 2.45) is 0 Å². The van der Waals surface area contributed by atoms with Gasteiger partial charge in [0.1, 0.15) is 11.5 Å². The molecule has 0 aliphatic carbocycles. The van der Waals surface area contributed by atoms with Crippen LogP contribution in [0.3, 0.4) is 0 Å². The van der Waals surface area contributed by atoms with Crippen LogP contribution in [0.1, 0.15) is 16.0 Å². The van der Waals surface area contributed by atoms with Crippen molar-refractivity contribution in [2.45, 2.75) is 12.6 Å². The molecule has 29 heavy (non-hydrogen) atoms. The van der Waals surface area contributed by atoms with Gasteiger partial charge in [0, 0.05) is 17.5 Å². The first kappa shape index (κ1) is 20.7. The van der Waals surface area contributed by atoms with E-state index < -0.39 is 24.3 Å². The summed E-state index contributed by atoms with van der Waals surface area (Å²) in [6.07, 6.45) is -2.15. The van der Waals surface area contributed by atoms with Gasteiger partial charge in [-0.2, -0.15) is 13.2 Å². The van der Waals surface area contributed by atoms with E-state index in [1.54, 1.807) is 13.3 Å². The lowest BCUT2D eigenvalue weighted by molar-refractivity contribution is -0.137. The SMILES string of the molecule is COc1ccc(Cc2cnc(NC(=O)COc3cccc(C(F)(F)F)c3)s2)cc1. The molecular weight excluding hydrogens is 405 g/mol. The molecular formula is C20H17F3N2O3S. The Morgan fingerprint density at radius 2 is 1.90 bits per heavy atom. The van der Waals surface area contributed by atoms with Gasteiger partial charge in [-0.05, 0) is 35.9 Å². The van der Waals surface area contributed by atoms with Crippen LogP contribution in [0, 0.1) is 0 Å². The summed E-state index contributed by atoms with van der Waals surface area (Å²) in [5.74, 6) is 0.230. The van der Waals surface area contributed by atoms with Crippen molar-refractivity contribution >= 4 is 22.4 Å². The Labute approximate surface area is 169 Å². The molecule has 0 fully saturated rings. The largest absolute Gasteiger partial charge is 0.497 e. The molecule has 0 saturated heterocycles. The molecule has 0 radical (unpaired) electrons. The highest BCUT2D eigenvalue weighted by molar-refractivity contribution is 7.15. The van der Waals surface area contributed by atoms with Gasteiger partial charge < -0.3 is 9.47 Å². The lowest BCUT2D eigenvalue weighted by atomic mass is 10.1. The van der Waals surface area contributed by atoms with E-state index in [0.29, 0.717) is 11.6 Å². The number of amides is 1. The van der Waals surface area contributed by atoms with Crippen LogP contribution >= 0.6 is 11.3 Å². The summed E-state index contributed by atoms with van der Waals surface area (Å²) in [5, 5.41) is 2.98. The fourth-order valence-electron chi connectivity index (χ4n) is 2.46. The van der Waals surface area contributed by atoms with Gasteiger partial charge in [0.2, 0.25) is 0 Å². The van der Waals surface area contributed by atoms with E-state index in [0.717, 1.165) is 28.3 Å². The van der Waals surface area contributed by atoms with E-state index in [-0.39, 0.29) is 5.75 Å². The number of carbonyl (C=O) groups is 1. The van der Waals surface area contributed by atoms with E-state index in [4.69, 9.17) is 9.47 Å². The van der Waals surface area contributed by atoms with Crippen molar-refractivity contribution in [3.63, 3.8) is 0 Å². The molecule has 0 aliphatic heterocycles. The summed E-state index contributed by atoms with van der Waals surface area (Å²) < 4.78 is 48.4. The van der Waals surface area contributed by atoms with E-state index in [9.17, 15) is 18.0 Å². The molecule has 2 aromatic carbocycles. The van der Waals surface area contributed by atoms with Gasteiger partial charge in [0.05, 0.1) is 12.7 Å². The molecule has 1 aromatic heterocycles. The van der Waals surface area contributed by atoms with Crippen molar-refractivity contribution in [3.8, 4) is 11.5 Å². The van der Waals surface area contributed by atoms with Crippen LogP contribution in [0.2, 0.25) is 0 Å². The van der Waals surface area contributed by atoms with Crippen LogP contribution in [0.15, 0.2) is 54.7 Å². The van der Waals surface area contributed by atoms with E-state index in [1.807, 2.05) is 24.3 Å². The summed E-state index contributed by atoms with van der Waals surface area (Å²) in [4.78, 5) is 17.1. The second kappa shape index (κ2) is 8.95. The Morgan fingerprint density at radius 1 is 1.14 bits per heavy atom. The van der Waals surface area contributed by atoms with E-state index >= 15 is 0 Å². The van der Waals surface area contributed by atoms with Crippen molar-refractivity contribution in [3.05, 3.63) is 70.7 Å². The lowest BCUT2D eigenvalue weighted by Crippen LogP contribution is -2.20. The molecule has 9 heteroatoms. The highest BCUT2D eigenvalue weighted by Gasteiger charge is 2.30. The molecule has 5 nitrogen and oxygen atoms in total. The highest BCUT2D eigenvalue weighted by Crippen LogP contribution is 2.31. The Hall–Kier alpha value is -3.07. The number of anilines is 1. The van der Waals surface area contributed by atoms with Gasteiger partial charge in [-0.25, -0.2) is 4.98 Å². The van der Waals surface area contributed by atoms with Gasteiger partial charge in [-0.15, -0.1) is 11.3 Å². The second-order valence-corrected chi connectivity index (χ2v) is 7.13. The number of methoxy groups -OCH3 is 1. The molecule has 3 aromatic rings. The number of rotatable bonds is 7. The van der Waals surface area contributed by atoms with Crippen LogP contribution in [-0.2, 0) is 17.4 Å². The van der Waals surface area contributed by atoms with E-state index in [2.05, 4.69) is 10.3 Å². The molecule has 0 saturated carbocycles. The molecule has 0 aliphatic rings. The molecule has 1 N–H and O–H groups in total. The summed E-state index contributed by atoms with van der Waals surface area (Å²) >= 11 is 1.31. The predicted octanol–water partition coefficient (Wildman–Crippen LogP) is 4.78. The van der Waals surface area contributed by atoms with Gasteiger partial charge >= 0.3 is 6.18 Å². The summed E-state index contributed by atoms with van der Waals surface area (Å²) in [6, 6.07) is 12.0. The average molecular weight is 422 g/mol. The maximum Gasteiger partial charge on any atom is 0.416 e. The summed E-state index contributed by atoms with van der Waals surface area (Å²) in [5.41, 5.74) is 0.235. The third kappa shape index (κ3) is 5.95. The maximum absolute atomic E-state index is 12.7. The van der Waals surface area contributed by atoms with Crippen molar-refractivity contribution in [1.82, 2.24) is 4.98 Å². The number of nitrogens with one attached hydrogen (secondary N) is 1. The van der Waals surface area contributed by atoms with Crippen molar-refractivity contribution < 1.29 is 27.4 Å². The van der Waals surface area contributed by atoms with Crippen LogP contribution in [-0.4, -0.2) is 24.6 Å². The molecule has 3 rings (SSSR count). The molecule has 0 unspecified atom stereocenters. The topological polar surface area (TPSA) is 60.5 Å². The van der Waals surface area contributed by atoms with Crippen LogP contribution in [0.5, 0.6) is 11.5 Å². The van der Waals surface area contributed by atoms with Gasteiger partial charge in [-0.1, -0.05) is 18.2 Å². The quantitative estimate of drug-likeness (QED) is 0.595. The zero-order valence-electron chi connectivity index (χ0n) is 15.3. The van der Waals surface area contributed by atoms with Crippen LogP contribution in [0.25, 0.3) is 0 Å². The van der Waals surface area contributed by atoms with Crippen LogP contribution < -0.4 is 14.8 Å². The Kier molecular flexibility index (Phi) is 6.38. The molecule has 1 amide bonds. The minimum Gasteiger partial charge on any atom is -0.497 e. The number of hydrogen-bond donors (Lipinski definition) is 1. The molecule has 0 bridgehead atoms.